The Morgan fingerprint density at radius 3 is 2.52 bits per heavy atom. The summed E-state index contributed by atoms with van der Waals surface area (Å²) < 4.78 is 40.7. The minimum absolute atomic E-state index is 0.195. The number of rotatable bonds is 5. The lowest BCUT2D eigenvalue weighted by Gasteiger charge is -2.22. The number of hydrogen-bond donors (Lipinski definition) is 3. The van der Waals surface area contributed by atoms with Crippen molar-refractivity contribution in [3.8, 4) is 17.2 Å². The van der Waals surface area contributed by atoms with Gasteiger partial charge in [-0.15, -0.1) is 0 Å². The SMILES string of the molecule is C[C@](O)(Cn1cc(-c2ccc(N)cc2)cn1)C(=O)Nc1ccc(C#N)c(C(F)(F)F)c1. The maximum Gasteiger partial charge on any atom is 0.417 e. The summed E-state index contributed by atoms with van der Waals surface area (Å²) in [6.45, 7) is 0.984. The number of anilines is 2. The lowest BCUT2D eigenvalue weighted by molar-refractivity contribution is -0.138. The molecule has 3 rings (SSSR count). The van der Waals surface area contributed by atoms with E-state index in [2.05, 4.69) is 10.4 Å². The normalized spacial score (nSPS) is 13.3. The number of nitrogens with two attached hydrogens (primary N) is 1. The quantitative estimate of drug-likeness (QED) is 0.538. The molecule has 1 atom stereocenters. The van der Waals surface area contributed by atoms with Gasteiger partial charge in [-0.1, -0.05) is 12.1 Å². The number of nitrogen functional groups attached to an aromatic ring is 1. The lowest BCUT2D eigenvalue weighted by Crippen LogP contribution is -2.43. The number of nitriles is 1. The molecule has 0 saturated heterocycles. The lowest BCUT2D eigenvalue weighted by atomic mass is 10.0. The van der Waals surface area contributed by atoms with E-state index in [1.54, 1.807) is 36.7 Å². The highest BCUT2D eigenvalue weighted by molar-refractivity contribution is 5.96. The summed E-state index contributed by atoms with van der Waals surface area (Å²) in [5.41, 5.74) is 3.93. The van der Waals surface area contributed by atoms with Crippen LogP contribution in [0.3, 0.4) is 0 Å². The van der Waals surface area contributed by atoms with Crippen molar-refractivity contribution in [3.05, 3.63) is 66.0 Å². The maximum atomic E-state index is 13.1. The number of nitrogens with one attached hydrogen (secondary N) is 1. The molecule has 0 saturated carbocycles. The number of benzene rings is 2. The average Bonchev–Trinajstić information content (AvgIpc) is 3.15. The standard InChI is InChI=1S/C21H18F3N5O2/c1-20(31,12-29-11-15(10-27-29)13-2-5-16(26)6-3-13)19(30)28-17-7-4-14(9-25)18(8-17)21(22,23)24/h2-8,10-11,31H,12,26H2,1H3,(H,28,30)/t20-/m0/s1. The smallest absolute Gasteiger partial charge is 0.399 e. The highest BCUT2D eigenvalue weighted by Crippen LogP contribution is 2.33. The number of amides is 1. The first-order valence-electron chi connectivity index (χ1n) is 9.03. The summed E-state index contributed by atoms with van der Waals surface area (Å²) in [7, 11) is 0. The second-order valence-electron chi connectivity index (χ2n) is 7.15. The first kappa shape index (κ1) is 21.9. The number of aliphatic hydroxyl groups is 1. The van der Waals surface area contributed by atoms with E-state index in [1.165, 1.54) is 17.7 Å². The van der Waals surface area contributed by atoms with E-state index in [4.69, 9.17) is 11.0 Å². The molecule has 0 aliphatic heterocycles. The summed E-state index contributed by atoms with van der Waals surface area (Å²) in [5, 5.41) is 25.8. The second kappa shape index (κ2) is 8.12. The number of carbonyl (C=O) groups is 1. The maximum absolute atomic E-state index is 13.1. The van der Waals surface area contributed by atoms with Gasteiger partial charge < -0.3 is 16.2 Å². The monoisotopic (exact) mass is 429 g/mol. The molecule has 31 heavy (non-hydrogen) atoms. The van der Waals surface area contributed by atoms with E-state index in [0.29, 0.717) is 11.8 Å². The van der Waals surface area contributed by atoms with E-state index in [-0.39, 0.29) is 12.2 Å². The first-order chi connectivity index (χ1) is 14.5. The number of carbonyl (C=O) groups excluding carboxylic acids is 1. The zero-order chi connectivity index (χ0) is 22.8. The highest BCUT2D eigenvalue weighted by Gasteiger charge is 2.35. The van der Waals surface area contributed by atoms with Crippen LogP contribution in [0.1, 0.15) is 18.1 Å². The topological polar surface area (TPSA) is 117 Å². The Morgan fingerprint density at radius 1 is 1.23 bits per heavy atom. The summed E-state index contributed by atoms with van der Waals surface area (Å²) >= 11 is 0. The van der Waals surface area contributed by atoms with Gasteiger partial charge in [-0.2, -0.15) is 23.5 Å². The molecule has 3 aromatic rings. The van der Waals surface area contributed by atoms with Gasteiger partial charge in [-0.05, 0) is 42.8 Å². The van der Waals surface area contributed by atoms with Gasteiger partial charge in [0.1, 0.15) is 0 Å². The predicted molar refractivity (Wildman–Crippen MR) is 107 cm³/mol. The Bertz CT molecular complexity index is 1150. The Kier molecular flexibility index (Phi) is 5.73. The van der Waals surface area contributed by atoms with Crippen LogP contribution >= 0.6 is 0 Å². The van der Waals surface area contributed by atoms with E-state index in [0.717, 1.165) is 23.3 Å². The molecule has 1 amide bonds. The minimum Gasteiger partial charge on any atom is -0.399 e. The van der Waals surface area contributed by atoms with E-state index < -0.39 is 28.8 Å². The summed E-state index contributed by atoms with van der Waals surface area (Å²) in [6, 6.07) is 11.3. The van der Waals surface area contributed by atoms with Gasteiger partial charge in [0.2, 0.25) is 0 Å². The molecule has 0 aliphatic carbocycles. The molecule has 2 aromatic carbocycles. The van der Waals surface area contributed by atoms with Crippen LogP contribution in [0.5, 0.6) is 0 Å². The van der Waals surface area contributed by atoms with E-state index in [1.807, 2.05) is 0 Å². The summed E-state index contributed by atoms with van der Waals surface area (Å²) in [6.07, 6.45) is -1.59. The van der Waals surface area contributed by atoms with E-state index >= 15 is 0 Å². The van der Waals surface area contributed by atoms with Crippen molar-refractivity contribution in [2.75, 3.05) is 11.1 Å². The third-order valence-corrected chi connectivity index (χ3v) is 4.54. The van der Waals surface area contributed by atoms with Crippen molar-refractivity contribution >= 4 is 17.3 Å². The van der Waals surface area contributed by atoms with Gasteiger partial charge in [-0.25, -0.2) is 0 Å². The van der Waals surface area contributed by atoms with Crippen LogP contribution in [-0.2, 0) is 17.5 Å². The largest absolute Gasteiger partial charge is 0.417 e. The molecule has 1 heterocycles. The average molecular weight is 429 g/mol. The van der Waals surface area contributed by atoms with Crippen molar-refractivity contribution in [1.82, 2.24) is 9.78 Å². The van der Waals surface area contributed by atoms with Gasteiger partial charge in [0.15, 0.2) is 5.60 Å². The fourth-order valence-corrected chi connectivity index (χ4v) is 2.88. The number of alkyl halides is 3. The number of halogens is 3. The third-order valence-electron chi connectivity index (χ3n) is 4.54. The van der Waals surface area contributed by atoms with Crippen molar-refractivity contribution in [2.24, 2.45) is 0 Å². The molecule has 1 aromatic heterocycles. The van der Waals surface area contributed by atoms with Gasteiger partial charge in [0, 0.05) is 23.1 Å². The Morgan fingerprint density at radius 2 is 1.90 bits per heavy atom. The van der Waals surface area contributed by atoms with E-state index in [9.17, 15) is 23.1 Å². The molecule has 0 spiro atoms. The zero-order valence-corrected chi connectivity index (χ0v) is 16.3. The fraction of sp³-hybridized carbons (Fsp3) is 0.190. The predicted octanol–water partition coefficient (Wildman–Crippen LogP) is 3.41. The molecular formula is C21H18F3N5O2. The molecule has 10 heteroatoms. The minimum atomic E-state index is -4.76. The Hall–Kier alpha value is -3.84. The van der Waals surface area contributed by atoms with Gasteiger partial charge in [0.25, 0.3) is 5.91 Å². The van der Waals surface area contributed by atoms with Crippen LogP contribution in [0, 0.1) is 11.3 Å². The molecule has 0 aliphatic rings. The van der Waals surface area contributed by atoms with Crippen LogP contribution in [-0.4, -0.2) is 26.4 Å². The van der Waals surface area contributed by atoms with Crippen LogP contribution in [0.15, 0.2) is 54.9 Å². The van der Waals surface area contributed by atoms with Crippen LogP contribution < -0.4 is 11.1 Å². The van der Waals surface area contributed by atoms with Gasteiger partial charge >= 0.3 is 6.18 Å². The van der Waals surface area contributed by atoms with Gasteiger partial charge in [0.05, 0.1) is 29.9 Å². The van der Waals surface area contributed by atoms with Crippen LogP contribution in [0.2, 0.25) is 0 Å². The fourth-order valence-electron chi connectivity index (χ4n) is 2.88. The Labute approximate surface area is 175 Å². The molecule has 4 N–H and O–H groups in total. The first-order valence-corrected chi connectivity index (χ1v) is 9.03. The van der Waals surface area contributed by atoms with Gasteiger partial charge in [-0.3, -0.25) is 9.48 Å². The molecular weight excluding hydrogens is 411 g/mol. The molecule has 0 bridgehead atoms. The second-order valence-corrected chi connectivity index (χ2v) is 7.15. The van der Waals surface area contributed by atoms with Crippen molar-refractivity contribution in [3.63, 3.8) is 0 Å². The Balaban J connectivity index is 1.75. The number of nitrogens with zero attached hydrogens (tertiary/aromatic N) is 3. The van der Waals surface area contributed by atoms with Crippen LogP contribution in [0.4, 0.5) is 24.5 Å². The van der Waals surface area contributed by atoms with Crippen molar-refractivity contribution in [1.29, 1.82) is 5.26 Å². The highest BCUT2D eigenvalue weighted by atomic mass is 19.4. The van der Waals surface area contributed by atoms with Crippen molar-refractivity contribution < 1.29 is 23.1 Å². The molecule has 7 nitrogen and oxygen atoms in total. The molecule has 0 fully saturated rings. The molecule has 160 valence electrons. The summed E-state index contributed by atoms with van der Waals surface area (Å²) in [5.74, 6) is -0.921. The van der Waals surface area contributed by atoms with Crippen molar-refractivity contribution in [2.45, 2.75) is 25.2 Å². The zero-order valence-electron chi connectivity index (χ0n) is 16.3. The molecule has 0 radical (unpaired) electrons. The summed E-state index contributed by atoms with van der Waals surface area (Å²) in [4.78, 5) is 12.5. The van der Waals surface area contributed by atoms with Crippen LogP contribution in [0.25, 0.3) is 11.1 Å². The number of aromatic nitrogens is 2. The number of hydrogen-bond acceptors (Lipinski definition) is 5. The third kappa shape index (κ3) is 5.02. The molecule has 0 unspecified atom stereocenters.